The van der Waals surface area contributed by atoms with Gasteiger partial charge in [0.15, 0.2) is 6.10 Å². The van der Waals surface area contributed by atoms with Crippen molar-refractivity contribution in [3.8, 4) is 6.01 Å². The second-order valence-corrected chi connectivity index (χ2v) is 2.88. The summed E-state index contributed by atoms with van der Waals surface area (Å²) < 4.78 is 5.47. The first-order valence-electron chi connectivity index (χ1n) is 4.25. The van der Waals surface area contributed by atoms with Crippen molar-refractivity contribution >= 4 is 0 Å². The van der Waals surface area contributed by atoms with Gasteiger partial charge in [-0.2, -0.15) is 0 Å². The lowest BCUT2D eigenvalue weighted by atomic mass is 10.3. The van der Waals surface area contributed by atoms with Crippen LogP contribution in [0.5, 0.6) is 6.01 Å². The highest BCUT2D eigenvalue weighted by Crippen LogP contribution is 2.27. The van der Waals surface area contributed by atoms with Crippen LogP contribution in [0.25, 0.3) is 0 Å². The highest BCUT2D eigenvalue weighted by molar-refractivity contribution is 4.99. The Morgan fingerprint density at radius 2 is 1.75 bits per heavy atom. The van der Waals surface area contributed by atoms with Gasteiger partial charge in [-0.25, -0.2) is 9.97 Å². The fraction of sp³-hybridized carbons (Fsp3) is 0.444. The van der Waals surface area contributed by atoms with Crippen LogP contribution in [0.3, 0.4) is 0 Å². The summed E-state index contributed by atoms with van der Waals surface area (Å²) in [5.41, 5.74) is 0. The first-order valence-corrected chi connectivity index (χ1v) is 4.25. The molecule has 0 aliphatic heterocycles. The van der Waals surface area contributed by atoms with Crippen LogP contribution in [0.4, 0.5) is 0 Å². The van der Waals surface area contributed by atoms with Gasteiger partial charge in [-0.05, 0) is 31.7 Å². The molecular weight excluding hydrogens is 152 g/mol. The molecule has 0 unspecified atom stereocenters. The van der Waals surface area contributed by atoms with E-state index in [2.05, 4.69) is 9.97 Å². The van der Waals surface area contributed by atoms with Crippen molar-refractivity contribution in [3.05, 3.63) is 24.6 Å². The molecule has 0 saturated heterocycles. The van der Waals surface area contributed by atoms with Crippen LogP contribution in [0.2, 0.25) is 0 Å². The lowest BCUT2D eigenvalue weighted by Gasteiger charge is -2.07. The molecule has 1 saturated carbocycles. The van der Waals surface area contributed by atoms with Crippen LogP contribution in [0, 0.1) is 6.10 Å². The van der Waals surface area contributed by atoms with Crippen molar-refractivity contribution in [2.24, 2.45) is 0 Å². The molecule has 12 heavy (non-hydrogen) atoms. The van der Waals surface area contributed by atoms with E-state index in [0.29, 0.717) is 6.01 Å². The largest absolute Gasteiger partial charge is 0.453 e. The monoisotopic (exact) mass is 163 g/mol. The second kappa shape index (κ2) is 3.52. The van der Waals surface area contributed by atoms with Crippen LogP contribution in [0.1, 0.15) is 25.7 Å². The van der Waals surface area contributed by atoms with E-state index in [9.17, 15) is 0 Å². The molecule has 1 radical (unpaired) electrons. The summed E-state index contributed by atoms with van der Waals surface area (Å²) >= 11 is 0. The van der Waals surface area contributed by atoms with E-state index in [1.807, 2.05) is 0 Å². The van der Waals surface area contributed by atoms with Crippen molar-refractivity contribution in [2.75, 3.05) is 0 Å². The van der Waals surface area contributed by atoms with Crippen molar-refractivity contribution in [2.45, 2.75) is 25.7 Å². The van der Waals surface area contributed by atoms with E-state index in [1.54, 1.807) is 18.5 Å². The van der Waals surface area contributed by atoms with E-state index in [1.165, 1.54) is 12.8 Å². The Hall–Kier alpha value is -1.12. The predicted molar refractivity (Wildman–Crippen MR) is 44.4 cm³/mol. The Morgan fingerprint density at radius 1 is 1.08 bits per heavy atom. The molecule has 3 heteroatoms. The van der Waals surface area contributed by atoms with Gasteiger partial charge in [0.2, 0.25) is 0 Å². The fourth-order valence-electron chi connectivity index (χ4n) is 1.34. The van der Waals surface area contributed by atoms with Gasteiger partial charge in [0.05, 0.1) is 0 Å². The Balaban J connectivity index is 1.94. The summed E-state index contributed by atoms with van der Waals surface area (Å²) in [5.74, 6) is 0. The number of nitrogens with zero attached hydrogens (tertiary/aromatic N) is 2. The number of ether oxygens (including phenoxy) is 1. The maximum absolute atomic E-state index is 5.47. The first-order chi connectivity index (χ1) is 5.95. The van der Waals surface area contributed by atoms with E-state index < -0.39 is 0 Å². The third kappa shape index (κ3) is 1.72. The van der Waals surface area contributed by atoms with Crippen molar-refractivity contribution in [3.63, 3.8) is 0 Å². The number of rotatable bonds is 2. The molecular formula is C9H11N2O. The SMILES string of the molecule is c1cnc(O[C]2CCCC2)nc1. The minimum Gasteiger partial charge on any atom is -0.453 e. The minimum atomic E-state index is 0.481. The van der Waals surface area contributed by atoms with E-state index in [-0.39, 0.29) is 0 Å². The zero-order chi connectivity index (χ0) is 8.23. The Bertz CT molecular complexity index is 232. The Morgan fingerprint density at radius 3 is 2.42 bits per heavy atom. The van der Waals surface area contributed by atoms with Crippen molar-refractivity contribution in [1.29, 1.82) is 0 Å². The molecule has 0 N–H and O–H groups in total. The molecule has 2 rings (SSSR count). The second-order valence-electron chi connectivity index (χ2n) is 2.88. The van der Waals surface area contributed by atoms with Gasteiger partial charge in [-0.3, -0.25) is 0 Å². The first kappa shape index (κ1) is 7.53. The summed E-state index contributed by atoms with van der Waals surface area (Å²) in [5, 5.41) is 0. The molecule has 0 atom stereocenters. The molecule has 0 spiro atoms. The molecule has 1 aromatic heterocycles. The zero-order valence-corrected chi connectivity index (χ0v) is 6.86. The molecule has 63 valence electrons. The average Bonchev–Trinajstić information content (AvgIpc) is 2.59. The molecule has 0 aromatic carbocycles. The maximum atomic E-state index is 5.47. The van der Waals surface area contributed by atoms with Gasteiger partial charge in [0, 0.05) is 12.4 Å². The topological polar surface area (TPSA) is 35.0 Å². The van der Waals surface area contributed by atoms with Gasteiger partial charge in [0.25, 0.3) is 0 Å². The van der Waals surface area contributed by atoms with Crippen LogP contribution >= 0.6 is 0 Å². The normalized spacial score (nSPS) is 18.0. The summed E-state index contributed by atoms with van der Waals surface area (Å²) in [6.45, 7) is 0. The molecule has 0 amide bonds. The molecule has 1 aromatic rings. The van der Waals surface area contributed by atoms with Crippen LogP contribution < -0.4 is 4.74 Å². The van der Waals surface area contributed by atoms with Crippen LogP contribution in [-0.2, 0) is 0 Å². The average molecular weight is 163 g/mol. The summed E-state index contributed by atoms with van der Waals surface area (Å²) in [6, 6.07) is 2.26. The lowest BCUT2D eigenvalue weighted by Crippen LogP contribution is -2.03. The molecule has 0 bridgehead atoms. The summed E-state index contributed by atoms with van der Waals surface area (Å²) in [6.07, 6.45) is 9.12. The van der Waals surface area contributed by atoms with Gasteiger partial charge in [-0.1, -0.05) is 0 Å². The number of hydrogen-bond donors (Lipinski definition) is 0. The third-order valence-corrected chi connectivity index (χ3v) is 1.94. The van der Waals surface area contributed by atoms with E-state index in [4.69, 9.17) is 4.74 Å². The Labute approximate surface area is 71.8 Å². The lowest BCUT2D eigenvalue weighted by molar-refractivity contribution is 0.293. The molecule has 3 nitrogen and oxygen atoms in total. The van der Waals surface area contributed by atoms with E-state index in [0.717, 1.165) is 18.9 Å². The Kier molecular flexibility index (Phi) is 2.21. The smallest absolute Gasteiger partial charge is 0.316 e. The number of aromatic nitrogens is 2. The molecule has 1 aliphatic rings. The molecule has 1 heterocycles. The fourth-order valence-corrected chi connectivity index (χ4v) is 1.34. The highest BCUT2D eigenvalue weighted by atomic mass is 16.5. The van der Waals surface area contributed by atoms with Gasteiger partial charge < -0.3 is 4.74 Å². The van der Waals surface area contributed by atoms with Gasteiger partial charge in [-0.15, -0.1) is 0 Å². The summed E-state index contributed by atoms with van der Waals surface area (Å²) in [7, 11) is 0. The third-order valence-electron chi connectivity index (χ3n) is 1.94. The van der Waals surface area contributed by atoms with E-state index >= 15 is 0 Å². The highest BCUT2D eigenvalue weighted by Gasteiger charge is 2.18. The quantitative estimate of drug-likeness (QED) is 0.668. The standard InChI is InChI=1S/C9H11N2O/c1-2-5-8(4-1)12-9-10-6-3-7-11-9/h3,6-7H,1-2,4-5H2. The van der Waals surface area contributed by atoms with Crippen molar-refractivity contribution in [1.82, 2.24) is 9.97 Å². The maximum Gasteiger partial charge on any atom is 0.316 e. The zero-order valence-electron chi connectivity index (χ0n) is 6.86. The summed E-state index contributed by atoms with van der Waals surface area (Å²) in [4.78, 5) is 7.98. The van der Waals surface area contributed by atoms with Gasteiger partial charge in [0.1, 0.15) is 0 Å². The molecule has 1 aliphatic carbocycles. The molecule has 1 fully saturated rings. The van der Waals surface area contributed by atoms with Crippen molar-refractivity contribution < 1.29 is 4.74 Å². The van der Waals surface area contributed by atoms with Crippen LogP contribution in [0.15, 0.2) is 18.5 Å². The predicted octanol–water partition coefficient (Wildman–Crippen LogP) is 1.96. The van der Waals surface area contributed by atoms with Crippen LogP contribution in [-0.4, -0.2) is 9.97 Å². The number of hydrogen-bond acceptors (Lipinski definition) is 3. The van der Waals surface area contributed by atoms with Gasteiger partial charge >= 0.3 is 6.01 Å². The minimum absolute atomic E-state index is 0.481.